The van der Waals surface area contributed by atoms with Gasteiger partial charge < -0.3 is 10.1 Å². The Kier molecular flexibility index (Phi) is 6.47. The van der Waals surface area contributed by atoms with Crippen LogP contribution in [0.3, 0.4) is 0 Å². The summed E-state index contributed by atoms with van der Waals surface area (Å²) in [6, 6.07) is 9.03. The molecular weight excluding hydrogens is 272 g/mol. The summed E-state index contributed by atoms with van der Waals surface area (Å²) in [6.45, 7) is 14.5. The van der Waals surface area contributed by atoms with Gasteiger partial charge in [0.1, 0.15) is 5.75 Å². The van der Waals surface area contributed by atoms with E-state index in [4.69, 9.17) is 4.74 Å². The highest BCUT2D eigenvalue weighted by Gasteiger charge is 2.18. The van der Waals surface area contributed by atoms with E-state index in [0.717, 1.165) is 18.8 Å². The number of hydrogen-bond acceptors (Lipinski definition) is 3. The van der Waals surface area contributed by atoms with E-state index in [1.807, 2.05) is 6.07 Å². The highest BCUT2D eigenvalue weighted by Crippen LogP contribution is 2.16. The highest BCUT2D eigenvalue weighted by atomic mass is 16.5. The molecule has 1 N–H and O–H groups in total. The zero-order valence-corrected chi connectivity index (χ0v) is 14.3. The molecule has 3 nitrogen and oxygen atoms in total. The smallest absolute Gasteiger partial charge is 0.120 e. The third-order valence-corrected chi connectivity index (χ3v) is 3.95. The zero-order chi connectivity index (χ0) is 15.9. The number of nitrogens with zero attached hydrogens (tertiary/aromatic N) is 1. The Bertz CT molecular complexity index is 476. The largest absolute Gasteiger partial charge is 0.491 e. The predicted molar refractivity (Wildman–Crippen MR) is 93.3 cm³/mol. The number of ether oxygens (including phenoxy) is 1. The van der Waals surface area contributed by atoms with Gasteiger partial charge in [-0.1, -0.05) is 24.3 Å². The summed E-state index contributed by atoms with van der Waals surface area (Å²) in [7, 11) is 0. The molecule has 0 aliphatic carbocycles. The number of hydrogen-bond donors (Lipinski definition) is 1. The standard InChI is InChI=1S/C19H30N2O/c1-15(2)14-21-10-8-18(9-11-21)20-13-17-6-5-7-19(12-17)22-16(3)4/h5-7,12,16,18,20H,1,8-11,13-14H2,2-4H3. The van der Waals surface area contributed by atoms with Crippen LogP contribution in [0, 0.1) is 0 Å². The van der Waals surface area contributed by atoms with Gasteiger partial charge in [0.15, 0.2) is 0 Å². The fourth-order valence-corrected chi connectivity index (χ4v) is 2.94. The molecule has 1 saturated heterocycles. The first-order valence-electron chi connectivity index (χ1n) is 8.38. The van der Waals surface area contributed by atoms with Crippen LogP contribution >= 0.6 is 0 Å². The molecule has 0 spiro atoms. The predicted octanol–water partition coefficient (Wildman–Crippen LogP) is 3.60. The lowest BCUT2D eigenvalue weighted by molar-refractivity contribution is 0.211. The van der Waals surface area contributed by atoms with Crippen molar-refractivity contribution >= 4 is 0 Å². The van der Waals surface area contributed by atoms with Gasteiger partial charge >= 0.3 is 0 Å². The first-order chi connectivity index (χ1) is 10.5. The lowest BCUT2D eigenvalue weighted by atomic mass is 10.0. The molecule has 0 radical (unpaired) electrons. The molecule has 1 aliphatic rings. The van der Waals surface area contributed by atoms with E-state index in [-0.39, 0.29) is 6.10 Å². The third-order valence-electron chi connectivity index (χ3n) is 3.95. The number of likely N-dealkylation sites (tertiary alicyclic amines) is 1. The molecule has 0 atom stereocenters. The van der Waals surface area contributed by atoms with Crippen LogP contribution in [0.15, 0.2) is 36.4 Å². The molecule has 0 unspecified atom stereocenters. The van der Waals surface area contributed by atoms with Gasteiger partial charge in [0.2, 0.25) is 0 Å². The van der Waals surface area contributed by atoms with Crippen LogP contribution in [-0.2, 0) is 6.54 Å². The van der Waals surface area contributed by atoms with Crippen LogP contribution < -0.4 is 10.1 Å². The van der Waals surface area contributed by atoms with Crippen molar-refractivity contribution in [2.45, 2.75) is 52.3 Å². The quantitative estimate of drug-likeness (QED) is 0.779. The molecular formula is C19H30N2O. The normalized spacial score (nSPS) is 16.9. The van der Waals surface area contributed by atoms with E-state index in [9.17, 15) is 0 Å². The Hall–Kier alpha value is -1.32. The summed E-state index contributed by atoms with van der Waals surface area (Å²) in [5.41, 5.74) is 2.55. The second-order valence-corrected chi connectivity index (χ2v) is 6.70. The van der Waals surface area contributed by atoms with Crippen molar-refractivity contribution in [2.24, 2.45) is 0 Å². The number of piperidine rings is 1. The van der Waals surface area contributed by atoms with E-state index in [1.165, 1.54) is 37.1 Å². The molecule has 1 aliphatic heterocycles. The van der Waals surface area contributed by atoms with Gasteiger partial charge in [0.05, 0.1) is 6.10 Å². The molecule has 1 aromatic carbocycles. The Balaban J connectivity index is 1.76. The van der Waals surface area contributed by atoms with Gasteiger partial charge in [0.25, 0.3) is 0 Å². The van der Waals surface area contributed by atoms with E-state index in [0.29, 0.717) is 6.04 Å². The summed E-state index contributed by atoms with van der Waals surface area (Å²) in [4.78, 5) is 2.50. The molecule has 0 amide bonds. The second-order valence-electron chi connectivity index (χ2n) is 6.70. The minimum Gasteiger partial charge on any atom is -0.491 e. The van der Waals surface area contributed by atoms with E-state index in [2.05, 4.69) is 55.8 Å². The molecule has 1 fully saturated rings. The van der Waals surface area contributed by atoms with Crippen molar-refractivity contribution in [3.63, 3.8) is 0 Å². The summed E-state index contributed by atoms with van der Waals surface area (Å²) in [5, 5.41) is 3.69. The van der Waals surface area contributed by atoms with Gasteiger partial charge in [-0.3, -0.25) is 4.90 Å². The Labute approximate surface area is 135 Å². The third kappa shape index (κ3) is 5.82. The molecule has 1 heterocycles. The first-order valence-corrected chi connectivity index (χ1v) is 8.38. The molecule has 0 saturated carbocycles. The van der Waals surface area contributed by atoms with Crippen molar-refractivity contribution < 1.29 is 4.74 Å². The maximum absolute atomic E-state index is 5.75. The van der Waals surface area contributed by atoms with Crippen LogP contribution in [0.4, 0.5) is 0 Å². The van der Waals surface area contributed by atoms with Crippen molar-refractivity contribution in [1.29, 1.82) is 0 Å². The van der Waals surface area contributed by atoms with Crippen LogP contribution in [-0.4, -0.2) is 36.7 Å². The molecule has 3 heteroatoms. The number of rotatable bonds is 7. The van der Waals surface area contributed by atoms with Crippen LogP contribution in [0.5, 0.6) is 5.75 Å². The topological polar surface area (TPSA) is 24.5 Å². The fraction of sp³-hybridized carbons (Fsp3) is 0.579. The minimum absolute atomic E-state index is 0.223. The average molecular weight is 302 g/mol. The summed E-state index contributed by atoms with van der Waals surface area (Å²) >= 11 is 0. The van der Waals surface area contributed by atoms with Crippen molar-refractivity contribution in [1.82, 2.24) is 10.2 Å². The number of benzene rings is 1. The number of nitrogens with one attached hydrogen (secondary N) is 1. The monoisotopic (exact) mass is 302 g/mol. The first kappa shape index (κ1) is 17.0. The van der Waals surface area contributed by atoms with Crippen molar-refractivity contribution in [3.05, 3.63) is 42.0 Å². The van der Waals surface area contributed by atoms with Gasteiger partial charge in [-0.05, 0) is 64.4 Å². The maximum Gasteiger partial charge on any atom is 0.120 e. The van der Waals surface area contributed by atoms with Crippen molar-refractivity contribution in [3.8, 4) is 5.75 Å². The summed E-state index contributed by atoms with van der Waals surface area (Å²) in [6.07, 6.45) is 2.66. The molecule has 22 heavy (non-hydrogen) atoms. The Morgan fingerprint density at radius 3 is 2.73 bits per heavy atom. The molecule has 0 bridgehead atoms. The van der Waals surface area contributed by atoms with E-state index in [1.54, 1.807) is 0 Å². The minimum atomic E-state index is 0.223. The molecule has 0 aromatic heterocycles. The fourth-order valence-electron chi connectivity index (χ4n) is 2.94. The zero-order valence-electron chi connectivity index (χ0n) is 14.3. The highest BCUT2D eigenvalue weighted by molar-refractivity contribution is 5.28. The van der Waals surface area contributed by atoms with Gasteiger partial charge in [-0.15, -0.1) is 0 Å². The second kappa shape index (κ2) is 8.35. The molecule has 1 aromatic rings. The lowest BCUT2D eigenvalue weighted by Gasteiger charge is -2.32. The SMILES string of the molecule is C=C(C)CN1CCC(NCc2cccc(OC(C)C)c2)CC1. The van der Waals surface area contributed by atoms with Gasteiger partial charge in [0, 0.05) is 19.1 Å². The van der Waals surface area contributed by atoms with Crippen LogP contribution in [0.25, 0.3) is 0 Å². The van der Waals surface area contributed by atoms with Crippen molar-refractivity contribution in [2.75, 3.05) is 19.6 Å². The lowest BCUT2D eigenvalue weighted by Crippen LogP contribution is -2.42. The van der Waals surface area contributed by atoms with Gasteiger partial charge in [-0.25, -0.2) is 0 Å². The summed E-state index contributed by atoms with van der Waals surface area (Å²) < 4.78 is 5.75. The van der Waals surface area contributed by atoms with E-state index < -0.39 is 0 Å². The average Bonchev–Trinajstić information content (AvgIpc) is 2.46. The van der Waals surface area contributed by atoms with Crippen LogP contribution in [0.1, 0.15) is 39.2 Å². The van der Waals surface area contributed by atoms with E-state index >= 15 is 0 Å². The van der Waals surface area contributed by atoms with Gasteiger partial charge in [-0.2, -0.15) is 0 Å². The summed E-state index contributed by atoms with van der Waals surface area (Å²) in [5.74, 6) is 0.963. The molecule has 122 valence electrons. The molecule has 2 rings (SSSR count). The maximum atomic E-state index is 5.75. The van der Waals surface area contributed by atoms with Crippen LogP contribution in [0.2, 0.25) is 0 Å². The Morgan fingerprint density at radius 2 is 2.09 bits per heavy atom. The Morgan fingerprint density at radius 1 is 1.36 bits per heavy atom.